The van der Waals surface area contributed by atoms with E-state index >= 15 is 0 Å². The maximum absolute atomic E-state index is 13.2. The zero-order valence-corrected chi connectivity index (χ0v) is 20.0. The van der Waals surface area contributed by atoms with E-state index < -0.39 is 15.9 Å². The molecule has 0 spiro atoms. The molecule has 0 unspecified atom stereocenters. The van der Waals surface area contributed by atoms with Crippen LogP contribution in [0.2, 0.25) is 0 Å². The summed E-state index contributed by atoms with van der Waals surface area (Å²) in [6.07, 6.45) is 0. The minimum Gasteiger partial charge on any atom is -0.298 e. The molecule has 32 heavy (non-hydrogen) atoms. The average Bonchev–Trinajstić information content (AvgIpc) is 3.12. The van der Waals surface area contributed by atoms with Gasteiger partial charge in [0, 0.05) is 25.1 Å². The van der Waals surface area contributed by atoms with Gasteiger partial charge < -0.3 is 0 Å². The van der Waals surface area contributed by atoms with Crippen LogP contribution in [0.3, 0.4) is 0 Å². The van der Waals surface area contributed by atoms with Gasteiger partial charge in [0.15, 0.2) is 10.9 Å². The van der Waals surface area contributed by atoms with Crippen molar-refractivity contribution < 1.29 is 18.0 Å². The molecular weight excluding hydrogens is 446 g/mol. The van der Waals surface area contributed by atoms with Crippen molar-refractivity contribution >= 4 is 38.2 Å². The van der Waals surface area contributed by atoms with Crippen LogP contribution in [0, 0.1) is 6.92 Å². The smallest absolute Gasteiger partial charge is 0.257 e. The normalized spacial score (nSPS) is 11.7. The Kier molecular flexibility index (Phi) is 7.22. The number of aromatic nitrogens is 1. The van der Waals surface area contributed by atoms with E-state index in [-0.39, 0.29) is 23.3 Å². The van der Waals surface area contributed by atoms with Crippen LogP contribution in [0.25, 0.3) is 0 Å². The molecule has 3 aromatic rings. The standard InChI is InChI=1S/C23H25N3O4S2/c1-15(2)26(14-18-8-6-5-7-9-18)32(29,30)20-12-10-19(11-13-20)22(28)25-23-24-16(3)21(31-23)17(4)27/h5-13,15H,14H2,1-4H3,(H,24,25,28). The molecule has 0 fully saturated rings. The molecular formula is C23H25N3O4S2. The van der Waals surface area contributed by atoms with E-state index in [2.05, 4.69) is 10.3 Å². The summed E-state index contributed by atoms with van der Waals surface area (Å²) >= 11 is 1.11. The Labute approximate surface area is 192 Å². The van der Waals surface area contributed by atoms with Gasteiger partial charge in [0.2, 0.25) is 10.0 Å². The van der Waals surface area contributed by atoms with Crippen molar-refractivity contribution in [1.29, 1.82) is 0 Å². The minimum absolute atomic E-state index is 0.111. The van der Waals surface area contributed by atoms with Crippen molar-refractivity contribution in [3.8, 4) is 0 Å². The molecule has 2 aromatic carbocycles. The summed E-state index contributed by atoms with van der Waals surface area (Å²) in [6.45, 7) is 7.06. The van der Waals surface area contributed by atoms with Crippen LogP contribution in [0.15, 0.2) is 59.5 Å². The van der Waals surface area contributed by atoms with Crippen LogP contribution in [0.4, 0.5) is 5.13 Å². The van der Waals surface area contributed by atoms with Gasteiger partial charge in [-0.25, -0.2) is 13.4 Å². The lowest BCUT2D eigenvalue weighted by Crippen LogP contribution is -2.36. The summed E-state index contributed by atoms with van der Waals surface area (Å²) in [5.41, 5.74) is 1.75. The van der Waals surface area contributed by atoms with Crippen molar-refractivity contribution in [2.24, 2.45) is 0 Å². The molecule has 1 aromatic heterocycles. The van der Waals surface area contributed by atoms with Gasteiger partial charge in [0.1, 0.15) is 0 Å². The van der Waals surface area contributed by atoms with Crippen molar-refractivity contribution in [3.63, 3.8) is 0 Å². The van der Waals surface area contributed by atoms with E-state index in [4.69, 9.17) is 0 Å². The van der Waals surface area contributed by atoms with E-state index in [9.17, 15) is 18.0 Å². The first-order chi connectivity index (χ1) is 15.1. The van der Waals surface area contributed by atoms with Gasteiger partial charge in [-0.05, 0) is 50.6 Å². The highest BCUT2D eigenvalue weighted by Gasteiger charge is 2.27. The number of rotatable bonds is 8. The Morgan fingerprint density at radius 1 is 1.06 bits per heavy atom. The van der Waals surface area contributed by atoms with Crippen molar-refractivity contribution in [1.82, 2.24) is 9.29 Å². The fourth-order valence-corrected chi connectivity index (χ4v) is 5.65. The number of hydrogen-bond donors (Lipinski definition) is 1. The number of nitrogens with zero attached hydrogens (tertiary/aromatic N) is 2. The van der Waals surface area contributed by atoms with Gasteiger partial charge in [-0.2, -0.15) is 4.31 Å². The third-order valence-corrected chi connectivity index (χ3v) is 8.03. The number of carbonyl (C=O) groups excluding carboxylic acids is 2. The Morgan fingerprint density at radius 2 is 1.69 bits per heavy atom. The Hall–Kier alpha value is -2.88. The molecule has 168 valence electrons. The van der Waals surface area contributed by atoms with Gasteiger partial charge >= 0.3 is 0 Å². The lowest BCUT2D eigenvalue weighted by Gasteiger charge is -2.26. The minimum atomic E-state index is -3.76. The molecule has 1 N–H and O–H groups in total. The predicted octanol–water partition coefficient (Wildman–Crippen LogP) is 4.51. The maximum atomic E-state index is 13.2. The van der Waals surface area contributed by atoms with Gasteiger partial charge in [0.25, 0.3) is 5.91 Å². The summed E-state index contributed by atoms with van der Waals surface area (Å²) in [6, 6.07) is 14.9. The lowest BCUT2D eigenvalue weighted by atomic mass is 10.2. The number of hydrogen-bond acceptors (Lipinski definition) is 6. The van der Waals surface area contributed by atoms with Gasteiger partial charge in [-0.1, -0.05) is 41.7 Å². The molecule has 0 aliphatic carbocycles. The molecule has 0 saturated carbocycles. The molecule has 0 saturated heterocycles. The average molecular weight is 472 g/mol. The maximum Gasteiger partial charge on any atom is 0.257 e. The molecule has 0 atom stereocenters. The number of amides is 1. The SMILES string of the molecule is CC(=O)c1sc(NC(=O)c2ccc(S(=O)(=O)N(Cc3ccccc3)C(C)C)cc2)nc1C. The topological polar surface area (TPSA) is 96.4 Å². The quantitative estimate of drug-likeness (QED) is 0.488. The molecule has 7 nitrogen and oxygen atoms in total. The second-order valence-corrected chi connectivity index (χ2v) is 10.5. The van der Waals surface area contributed by atoms with Gasteiger partial charge in [0.05, 0.1) is 15.5 Å². The van der Waals surface area contributed by atoms with Crippen LogP contribution in [-0.2, 0) is 16.6 Å². The molecule has 1 heterocycles. The Morgan fingerprint density at radius 3 is 2.22 bits per heavy atom. The number of benzene rings is 2. The number of ketones is 1. The summed E-state index contributed by atoms with van der Waals surface area (Å²) < 4.78 is 27.9. The molecule has 0 aliphatic rings. The van der Waals surface area contributed by atoms with Crippen molar-refractivity contribution in [2.75, 3.05) is 5.32 Å². The fourth-order valence-electron chi connectivity index (χ4n) is 3.17. The van der Waals surface area contributed by atoms with Crippen LogP contribution in [-0.4, -0.2) is 35.4 Å². The third kappa shape index (κ3) is 5.29. The Bertz CT molecular complexity index is 1220. The zero-order chi connectivity index (χ0) is 23.5. The molecule has 0 bridgehead atoms. The summed E-state index contributed by atoms with van der Waals surface area (Å²) in [5, 5.41) is 2.99. The number of nitrogens with one attached hydrogen (secondary N) is 1. The van der Waals surface area contributed by atoms with E-state index in [0.717, 1.165) is 16.9 Å². The number of sulfonamides is 1. The van der Waals surface area contributed by atoms with Crippen LogP contribution >= 0.6 is 11.3 Å². The Balaban J connectivity index is 1.79. The zero-order valence-electron chi connectivity index (χ0n) is 18.3. The highest BCUT2D eigenvalue weighted by molar-refractivity contribution is 7.89. The van der Waals surface area contributed by atoms with E-state index in [1.54, 1.807) is 6.92 Å². The second-order valence-electron chi connectivity index (χ2n) is 7.60. The largest absolute Gasteiger partial charge is 0.298 e. The number of anilines is 1. The first kappa shape index (κ1) is 23.8. The van der Waals surface area contributed by atoms with Crippen LogP contribution in [0.1, 0.15) is 52.1 Å². The van der Waals surface area contributed by atoms with E-state index in [1.165, 1.54) is 35.5 Å². The first-order valence-electron chi connectivity index (χ1n) is 10.0. The van der Waals surface area contributed by atoms with Gasteiger partial charge in [-0.3, -0.25) is 14.9 Å². The summed E-state index contributed by atoms with van der Waals surface area (Å²) in [4.78, 5) is 28.9. The third-order valence-electron chi connectivity index (χ3n) is 4.82. The molecule has 9 heteroatoms. The highest BCUT2D eigenvalue weighted by Crippen LogP contribution is 2.25. The fraction of sp³-hybridized carbons (Fsp3) is 0.261. The molecule has 3 rings (SSSR count). The van der Waals surface area contributed by atoms with E-state index in [0.29, 0.717) is 21.3 Å². The number of thiazole rings is 1. The number of Topliss-reactive ketones (excluding diaryl/α,β-unsaturated/α-hetero) is 1. The van der Waals surface area contributed by atoms with Gasteiger partial charge in [-0.15, -0.1) is 0 Å². The molecule has 0 radical (unpaired) electrons. The van der Waals surface area contributed by atoms with Crippen molar-refractivity contribution in [2.45, 2.75) is 45.2 Å². The lowest BCUT2D eigenvalue weighted by molar-refractivity contribution is 0.101. The van der Waals surface area contributed by atoms with Crippen LogP contribution < -0.4 is 5.32 Å². The number of aryl methyl sites for hydroxylation is 1. The monoisotopic (exact) mass is 471 g/mol. The first-order valence-corrected chi connectivity index (χ1v) is 12.3. The summed E-state index contributed by atoms with van der Waals surface area (Å²) in [7, 11) is -3.76. The van der Waals surface area contributed by atoms with E-state index in [1.807, 2.05) is 44.2 Å². The van der Waals surface area contributed by atoms with Crippen LogP contribution in [0.5, 0.6) is 0 Å². The number of carbonyl (C=O) groups is 2. The molecule has 0 aliphatic heterocycles. The van der Waals surface area contributed by atoms with Crippen molar-refractivity contribution in [3.05, 3.63) is 76.3 Å². The molecule has 1 amide bonds. The second kappa shape index (κ2) is 9.72. The summed E-state index contributed by atoms with van der Waals surface area (Å²) in [5.74, 6) is -0.539. The predicted molar refractivity (Wildman–Crippen MR) is 126 cm³/mol. The highest BCUT2D eigenvalue weighted by atomic mass is 32.2.